The molecule has 3 N–H and O–H groups in total. The van der Waals surface area contributed by atoms with E-state index in [1.54, 1.807) is 6.08 Å². The predicted molar refractivity (Wildman–Crippen MR) is 98.7 cm³/mol. The molecule has 3 rings (SSSR count). The van der Waals surface area contributed by atoms with E-state index in [4.69, 9.17) is 15.6 Å². The van der Waals surface area contributed by atoms with Crippen LogP contribution in [0.3, 0.4) is 0 Å². The Bertz CT molecular complexity index is 798. The quantitative estimate of drug-likeness (QED) is 0.591. The second kappa shape index (κ2) is 7.97. The van der Waals surface area contributed by atoms with Crippen molar-refractivity contribution in [2.75, 3.05) is 6.61 Å². The minimum Gasteiger partial charge on any atom is -0.481 e. The van der Waals surface area contributed by atoms with Crippen molar-refractivity contribution in [3.8, 4) is 11.1 Å². The number of benzene rings is 2. The Labute approximate surface area is 152 Å². The van der Waals surface area contributed by atoms with E-state index in [1.165, 1.54) is 17.2 Å². The van der Waals surface area contributed by atoms with Crippen LogP contribution in [0.2, 0.25) is 0 Å². The van der Waals surface area contributed by atoms with Gasteiger partial charge in [0.2, 0.25) is 0 Å². The second-order valence-electron chi connectivity index (χ2n) is 6.35. The third-order valence-electron chi connectivity index (χ3n) is 4.48. The summed E-state index contributed by atoms with van der Waals surface area (Å²) in [5.74, 6) is -1.38. The van der Waals surface area contributed by atoms with Gasteiger partial charge >= 0.3 is 11.9 Å². The molecule has 2 aromatic rings. The number of carbonyl (C=O) groups excluding carboxylic acids is 1. The first kappa shape index (κ1) is 17.9. The van der Waals surface area contributed by atoms with Gasteiger partial charge in [-0.05, 0) is 28.7 Å². The minimum absolute atomic E-state index is 0.0222. The molecule has 0 amide bonds. The predicted octanol–water partition coefficient (Wildman–Crippen LogP) is 3.09. The molecule has 5 nitrogen and oxygen atoms in total. The Morgan fingerprint density at radius 2 is 1.65 bits per heavy atom. The summed E-state index contributed by atoms with van der Waals surface area (Å²) < 4.78 is 5.42. The lowest BCUT2D eigenvalue weighted by Gasteiger charge is -2.13. The number of carboxylic acids is 1. The van der Waals surface area contributed by atoms with Crippen LogP contribution < -0.4 is 5.73 Å². The third kappa shape index (κ3) is 4.00. The highest BCUT2D eigenvalue weighted by molar-refractivity contribution is 5.82. The van der Waals surface area contributed by atoms with E-state index in [-0.39, 0.29) is 18.9 Å². The molecule has 1 aliphatic rings. The Morgan fingerprint density at radius 1 is 1.08 bits per heavy atom. The lowest BCUT2D eigenvalue weighted by atomic mass is 9.98. The van der Waals surface area contributed by atoms with E-state index in [1.807, 2.05) is 24.3 Å². The fourth-order valence-electron chi connectivity index (χ4n) is 3.30. The average Bonchev–Trinajstić information content (AvgIpc) is 2.93. The average molecular weight is 351 g/mol. The number of hydrogen-bond donors (Lipinski definition) is 2. The Balaban J connectivity index is 1.61. The summed E-state index contributed by atoms with van der Waals surface area (Å²) in [6.45, 7) is 0.262. The zero-order valence-corrected chi connectivity index (χ0v) is 14.3. The van der Waals surface area contributed by atoms with E-state index in [0.29, 0.717) is 6.42 Å². The van der Waals surface area contributed by atoms with Crippen molar-refractivity contribution >= 4 is 11.9 Å². The van der Waals surface area contributed by atoms with Crippen molar-refractivity contribution in [1.82, 2.24) is 0 Å². The molecule has 0 bridgehead atoms. The van der Waals surface area contributed by atoms with Gasteiger partial charge in [0.25, 0.3) is 0 Å². The molecule has 26 heavy (non-hydrogen) atoms. The maximum atomic E-state index is 12.0. The van der Waals surface area contributed by atoms with Gasteiger partial charge in [0, 0.05) is 18.0 Å². The normalized spacial score (nSPS) is 14.0. The first-order chi connectivity index (χ1) is 12.6. The van der Waals surface area contributed by atoms with Crippen molar-refractivity contribution < 1.29 is 19.4 Å². The highest BCUT2D eigenvalue weighted by Crippen LogP contribution is 2.44. The van der Waals surface area contributed by atoms with Crippen LogP contribution in [-0.2, 0) is 14.3 Å². The van der Waals surface area contributed by atoms with Crippen LogP contribution in [0.25, 0.3) is 11.1 Å². The molecule has 1 atom stereocenters. The molecule has 0 saturated carbocycles. The van der Waals surface area contributed by atoms with E-state index in [0.717, 1.165) is 11.1 Å². The standard InChI is InChI=1S/C21H21NO4/c22-14(12-20(23)24)6-5-11-21(25)26-13-19-17-9-3-1-7-15(17)16-8-2-4-10-18(16)19/h1-5,7-11,14,19H,6,12-13,22H2,(H,23,24)/b11-5+/t14-/m0/s1. The lowest BCUT2D eigenvalue weighted by molar-refractivity contribution is -0.138. The fourth-order valence-corrected chi connectivity index (χ4v) is 3.30. The van der Waals surface area contributed by atoms with Crippen molar-refractivity contribution in [2.24, 2.45) is 5.73 Å². The van der Waals surface area contributed by atoms with Gasteiger partial charge in [-0.2, -0.15) is 0 Å². The van der Waals surface area contributed by atoms with E-state index < -0.39 is 18.0 Å². The summed E-state index contributed by atoms with van der Waals surface area (Å²) in [5, 5.41) is 8.66. The largest absolute Gasteiger partial charge is 0.481 e. The number of carboxylic acid groups (broad SMARTS) is 1. The Morgan fingerprint density at radius 3 is 2.23 bits per heavy atom. The van der Waals surface area contributed by atoms with E-state index in [9.17, 15) is 9.59 Å². The minimum atomic E-state index is -0.952. The maximum Gasteiger partial charge on any atom is 0.330 e. The molecule has 134 valence electrons. The maximum absolute atomic E-state index is 12.0. The van der Waals surface area contributed by atoms with Gasteiger partial charge in [0.1, 0.15) is 6.61 Å². The molecule has 1 aliphatic carbocycles. The van der Waals surface area contributed by atoms with Crippen molar-refractivity contribution in [1.29, 1.82) is 0 Å². The zero-order chi connectivity index (χ0) is 18.5. The van der Waals surface area contributed by atoms with Gasteiger partial charge in [-0.1, -0.05) is 54.6 Å². The Hall–Kier alpha value is -2.92. The SMILES string of the molecule is N[C@@H](C/C=C/C(=O)OCC1c2ccccc2-c2ccccc21)CC(=O)O. The number of rotatable bonds is 7. The number of carbonyl (C=O) groups is 2. The highest BCUT2D eigenvalue weighted by Gasteiger charge is 2.28. The number of nitrogens with two attached hydrogens (primary N) is 1. The number of ether oxygens (including phenoxy) is 1. The number of esters is 1. The molecule has 0 radical (unpaired) electrons. The number of aliphatic carboxylic acids is 1. The van der Waals surface area contributed by atoms with Crippen LogP contribution in [0.1, 0.15) is 29.9 Å². The van der Waals surface area contributed by atoms with E-state index >= 15 is 0 Å². The summed E-state index contributed by atoms with van der Waals surface area (Å²) in [5.41, 5.74) is 10.3. The van der Waals surface area contributed by atoms with Crippen molar-refractivity contribution in [3.05, 3.63) is 71.8 Å². The van der Waals surface area contributed by atoms with Gasteiger partial charge < -0.3 is 15.6 Å². The highest BCUT2D eigenvalue weighted by atomic mass is 16.5. The summed E-state index contributed by atoms with van der Waals surface area (Å²) in [7, 11) is 0. The van der Waals surface area contributed by atoms with Crippen molar-refractivity contribution in [2.45, 2.75) is 24.8 Å². The molecule has 2 aromatic carbocycles. The van der Waals surface area contributed by atoms with Crippen LogP contribution in [0.4, 0.5) is 0 Å². The summed E-state index contributed by atoms with van der Waals surface area (Å²) in [6, 6.07) is 15.8. The van der Waals surface area contributed by atoms with Crippen LogP contribution in [0.5, 0.6) is 0 Å². The van der Waals surface area contributed by atoms with Gasteiger partial charge in [-0.25, -0.2) is 4.79 Å². The molecule has 0 aliphatic heterocycles. The van der Waals surface area contributed by atoms with Crippen molar-refractivity contribution in [3.63, 3.8) is 0 Å². The molecule has 5 heteroatoms. The topological polar surface area (TPSA) is 89.6 Å². The van der Waals surface area contributed by atoms with Gasteiger partial charge in [-0.15, -0.1) is 0 Å². The first-order valence-electron chi connectivity index (χ1n) is 8.55. The van der Waals surface area contributed by atoms with E-state index in [2.05, 4.69) is 24.3 Å². The van der Waals surface area contributed by atoms with Gasteiger partial charge in [0.15, 0.2) is 0 Å². The molecule has 0 saturated heterocycles. The first-order valence-corrected chi connectivity index (χ1v) is 8.55. The molecule has 0 heterocycles. The zero-order valence-electron chi connectivity index (χ0n) is 14.3. The monoisotopic (exact) mass is 351 g/mol. The summed E-state index contributed by atoms with van der Waals surface area (Å²) in [4.78, 5) is 22.5. The molecular formula is C21H21NO4. The number of hydrogen-bond acceptors (Lipinski definition) is 4. The molecular weight excluding hydrogens is 330 g/mol. The summed E-state index contributed by atoms with van der Waals surface area (Å²) >= 11 is 0. The van der Waals surface area contributed by atoms with Gasteiger partial charge in [-0.3, -0.25) is 4.79 Å². The van der Waals surface area contributed by atoms with Crippen LogP contribution in [0.15, 0.2) is 60.7 Å². The van der Waals surface area contributed by atoms with Crippen LogP contribution >= 0.6 is 0 Å². The fraction of sp³-hybridized carbons (Fsp3) is 0.238. The third-order valence-corrected chi connectivity index (χ3v) is 4.48. The molecule has 0 fully saturated rings. The number of fused-ring (bicyclic) bond motifs is 3. The lowest BCUT2D eigenvalue weighted by Crippen LogP contribution is -2.22. The molecule has 0 unspecified atom stereocenters. The Kier molecular flexibility index (Phi) is 5.49. The smallest absolute Gasteiger partial charge is 0.330 e. The summed E-state index contributed by atoms with van der Waals surface area (Å²) in [6.07, 6.45) is 3.06. The van der Waals surface area contributed by atoms with Crippen LogP contribution in [0, 0.1) is 0 Å². The molecule has 0 aromatic heterocycles. The van der Waals surface area contributed by atoms with Gasteiger partial charge in [0.05, 0.1) is 6.42 Å². The molecule has 0 spiro atoms. The van der Waals surface area contributed by atoms with Crippen LogP contribution in [-0.4, -0.2) is 29.7 Å². The second-order valence-corrected chi connectivity index (χ2v) is 6.35.